The molecule has 0 saturated heterocycles. The first-order valence-corrected chi connectivity index (χ1v) is 19.4. The van der Waals surface area contributed by atoms with Crippen molar-refractivity contribution < 1.29 is 0 Å². The Morgan fingerprint density at radius 3 is 1.89 bits per heavy atom. The molecule has 7 aromatic carbocycles. The maximum atomic E-state index is 5.47. The number of amidine groups is 1. The minimum Gasteiger partial charge on any atom is -0.298 e. The third-order valence-electron chi connectivity index (χ3n) is 11.1. The molecular weight excluding hydrogens is 695 g/mol. The second-order valence-electron chi connectivity index (χ2n) is 14.6. The first kappa shape index (κ1) is 32.9. The van der Waals surface area contributed by atoms with Gasteiger partial charge in [-0.3, -0.25) is 4.40 Å². The third kappa shape index (κ3) is 5.80. The molecule has 57 heavy (non-hydrogen) atoms. The summed E-state index contributed by atoms with van der Waals surface area (Å²) in [7, 11) is 0. The van der Waals surface area contributed by atoms with Gasteiger partial charge in [0.1, 0.15) is 11.2 Å². The van der Waals surface area contributed by atoms with Crippen LogP contribution >= 0.6 is 0 Å². The van der Waals surface area contributed by atoms with Crippen molar-refractivity contribution in [3.63, 3.8) is 0 Å². The summed E-state index contributed by atoms with van der Waals surface area (Å²) >= 11 is 0. The molecule has 0 bridgehead atoms. The van der Waals surface area contributed by atoms with Crippen LogP contribution in [0.4, 0.5) is 0 Å². The smallest absolute Gasteiger partial charge is 0.160 e. The molecule has 0 N–H and O–H groups in total. The Morgan fingerprint density at radius 1 is 0.474 bits per heavy atom. The van der Waals surface area contributed by atoms with Gasteiger partial charge in [0.05, 0.1) is 28.1 Å². The van der Waals surface area contributed by atoms with Crippen LogP contribution in [0.2, 0.25) is 0 Å². The fraction of sp³-hybridized carbons (Fsp3) is 0.0385. The zero-order valence-corrected chi connectivity index (χ0v) is 31.0. The average Bonchev–Trinajstić information content (AvgIpc) is 3.66. The van der Waals surface area contributed by atoms with E-state index >= 15 is 0 Å². The largest absolute Gasteiger partial charge is 0.298 e. The Morgan fingerprint density at radius 2 is 1.09 bits per heavy atom. The van der Waals surface area contributed by atoms with E-state index in [1.807, 2.05) is 18.2 Å². The summed E-state index contributed by atoms with van der Waals surface area (Å²) < 4.78 is 2.15. The predicted molar refractivity (Wildman–Crippen MR) is 237 cm³/mol. The Bertz CT molecular complexity index is 3300. The number of allylic oxidation sites excluding steroid dienone is 1. The topological polar surface area (TPSA) is 54.9 Å². The molecule has 0 amide bonds. The van der Waals surface area contributed by atoms with Crippen molar-refractivity contribution in [2.45, 2.75) is 12.8 Å². The van der Waals surface area contributed by atoms with Crippen LogP contribution in [0.5, 0.6) is 0 Å². The molecule has 0 fully saturated rings. The van der Waals surface area contributed by atoms with E-state index in [-0.39, 0.29) is 0 Å². The van der Waals surface area contributed by atoms with Gasteiger partial charge < -0.3 is 0 Å². The number of aliphatic imine (C=N–C) groups is 2. The van der Waals surface area contributed by atoms with Gasteiger partial charge in [0.2, 0.25) is 0 Å². The number of para-hydroxylation sites is 1. The van der Waals surface area contributed by atoms with E-state index in [0.29, 0.717) is 5.84 Å². The van der Waals surface area contributed by atoms with E-state index in [4.69, 9.17) is 20.0 Å². The van der Waals surface area contributed by atoms with E-state index in [1.54, 1.807) is 0 Å². The number of rotatable bonds is 5. The molecule has 0 aliphatic carbocycles. The monoisotopic (exact) mass is 729 g/mol. The van der Waals surface area contributed by atoms with Gasteiger partial charge in [-0.25, -0.2) is 20.0 Å². The summed E-state index contributed by atoms with van der Waals surface area (Å²) in [5.74, 6) is 0.715. The van der Waals surface area contributed by atoms with E-state index < -0.39 is 0 Å². The van der Waals surface area contributed by atoms with E-state index in [0.717, 1.165) is 102 Å². The quantitative estimate of drug-likeness (QED) is 0.177. The van der Waals surface area contributed by atoms with Crippen LogP contribution < -0.4 is 0 Å². The Kier molecular flexibility index (Phi) is 7.88. The standard InChI is InChI=1S/C52H35N5/c1-3-22-40-34(14-1)16-11-25-42(40)46-29-13-28-45(54-52(55-46)43-26-12-17-35-15-2-4-23-41(35)43)38-20-9-18-36(32-38)37-19-10-21-39(33-37)49-51-50(44-24-5-6-27-47(44)53-49)56-48-30-7-8-31-57(48)51/h1-12,14-27,29-33H,13,28H2/b46-29-,54-45+,55-52-. The number of hydrogen-bond donors (Lipinski definition) is 0. The zero-order valence-electron chi connectivity index (χ0n) is 31.0. The van der Waals surface area contributed by atoms with Gasteiger partial charge in [0.15, 0.2) is 5.84 Å². The van der Waals surface area contributed by atoms with Gasteiger partial charge in [-0.1, -0.05) is 152 Å². The van der Waals surface area contributed by atoms with E-state index in [2.05, 4.69) is 174 Å². The Labute approximate surface area is 329 Å². The lowest BCUT2D eigenvalue weighted by Gasteiger charge is -2.16. The maximum Gasteiger partial charge on any atom is 0.160 e. The molecule has 1 aliphatic heterocycles. The van der Waals surface area contributed by atoms with Crippen molar-refractivity contribution in [2.24, 2.45) is 9.98 Å². The van der Waals surface area contributed by atoms with E-state index in [9.17, 15) is 0 Å². The Balaban J connectivity index is 1.04. The molecule has 5 heteroatoms. The molecule has 0 unspecified atom stereocenters. The molecule has 0 spiro atoms. The number of benzene rings is 7. The van der Waals surface area contributed by atoms with Crippen molar-refractivity contribution >= 4 is 66.4 Å². The fourth-order valence-corrected chi connectivity index (χ4v) is 8.36. The summed E-state index contributed by atoms with van der Waals surface area (Å²) in [6.45, 7) is 0. The number of fused-ring (bicyclic) bond motifs is 7. The fourth-order valence-electron chi connectivity index (χ4n) is 8.36. The first-order valence-electron chi connectivity index (χ1n) is 19.4. The number of aromatic nitrogens is 3. The molecule has 1 aliphatic rings. The summed E-state index contributed by atoms with van der Waals surface area (Å²) in [6.07, 6.45) is 5.94. The molecule has 4 heterocycles. The minimum absolute atomic E-state index is 0.715. The van der Waals surface area contributed by atoms with Crippen LogP contribution in [-0.4, -0.2) is 25.9 Å². The highest BCUT2D eigenvalue weighted by atomic mass is 15.0. The maximum absolute atomic E-state index is 5.47. The lowest BCUT2D eigenvalue weighted by atomic mass is 9.95. The molecule has 0 radical (unpaired) electrons. The highest BCUT2D eigenvalue weighted by Gasteiger charge is 2.19. The van der Waals surface area contributed by atoms with Gasteiger partial charge in [0, 0.05) is 28.3 Å². The van der Waals surface area contributed by atoms with Gasteiger partial charge in [-0.05, 0) is 81.4 Å². The van der Waals surface area contributed by atoms with Gasteiger partial charge in [-0.2, -0.15) is 0 Å². The lowest BCUT2D eigenvalue weighted by molar-refractivity contribution is 1.09. The normalized spacial score (nSPS) is 16.2. The van der Waals surface area contributed by atoms with Crippen molar-refractivity contribution in [1.29, 1.82) is 0 Å². The van der Waals surface area contributed by atoms with Crippen molar-refractivity contribution in [3.8, 4) is 22.4 Å². The molecule has 5 nitrogen and oxygen atoms in total. The minimum atomic E-state index is 0.715. The highest BCUT2D eigenvalue weighted by Crippen LogP contribution is 2.36. The predicted octanol–water partition coefficient (Wildman–Crippen LogP) is 12.7. The second kappa shape index (κ2) is 13.7. The van der Waals surface area contributed by atoms with Crippen LogP contribution in [0.25, 0.3) is 77.2 Å². The molecule has 0 saturated carbocycles. The first-order chi connectivity index (χ1) is 28.2. The van der Waals surface area contributed by atoms with Crippen molar-refractivity contribution in [2.75, 3.05) is 0 Å². The summed E-state index contributed by atoms with van der Waals surface area (Å²) in [6, 6.07) is 61.8. The summed E-state index contributed by atoms with van der Waals surface area (Å²) in [5, 5.41) is 5.73. The summed E-state index contributed by atoms with van der Waals surface area (Å²) in [4.78, 5) is 21.2. The number of pyridine rings is 2. The number of hydrogen-bond acceptors (Lipinski definition) is 4. The van der Waals surface area contributed by atoms with Gasteiger partial charge in [-0.15, -0.1) is 0 Å². The number of nitrogens with zero attached hydrogens (tertiary/aromatic N) is 5. The van der Waals surface area contributed by atoms with Gasteiger partial charge in [0.25, 0.3) is 0 Å². The van der Waals surface area contributed by atoms with Gasteiger partial charge >= 0.3 is 0 Å². The van der Waals surface area contributed by atoms with Crippen LogP contribution in [-0.2, 0) is 0 Å². The summed E-state index contributed by atoms with van der Waals surface area (Å²) in [5.41, 5.74) is 13.2. The third-order valence-corrected chi connectivity index (χ3v) is 11.1. The van der Waals surface area contributed by atoms with Crippen LogP contribution in [0, 0.1) is 0 Å². The SMILES string of the molecule is C1=C(c2cccc3ccccc23)/N=C(c2cccc3ccccc23)\N=C(\c2cccc(-c3cccc(-c4nc5ccccc5c5nc6ccccn6c45)c3)c2)CC\1. The molecule has 0 atom stereocenters. The molecular formula is C52H35N5. The lowest BCUT2D eigenvalue weighted by Crippen LogP contribution is -2.10. The van der Waals surface area contributed by atoms with Crippen LogP contribution in [0.15, 0.2) is 198 Å². The molecule has 268 valence electrons. The molecule has 3 aromatic heterocycles. The van der Waals surface area contributed by atoms with Crippen molar-refractivity contribution in [3.05, 3.63) is 205 Å². The second-order valence-corrected chi connectivity index (χ2v) is 14.6. The molecule has 10 aromatic rings. The highest BCUT2D eigenvalue weighted by molar-refractivity contribution is 6.19. The van der Waals surface area contributed by atoms with Crippen LogP contribution in [0.3, 0.4) is 0 Å². The Hall–Kier alpha value is -7.50. The molecule has 11 rings (SSSR count). The average molecular weight is 730 g/mol. The zero-order chi connectivity index (χ0) is 37.7. The van der Waals surface area contributed by atoms with Crippen molar-refractivity contribution in [1.82, 2.24) is 14.4 Å². The van der Waals surface area contributed by atoms with Crippen LogP contribution in [0.1, 0.15) is 29.5 Å². The number of imidazole rings is 1. The van der Waals surface area contributed by atoms with E-state index in [1.165, 1.54) is 10.8 Å².